The van der Waals surface area contributed by atoms with E-state index in [0.717, 1.165) is 12.1 Å². The number of aliphatic hydroxyl groups excluding tert-OH is 1. The molecule has 1 aromatic carbocycles. The van der Waals surface area contributed by atoms with E-state index in [2.05, 4.69) is 10.3 Å². The summed E-state index contributed by atoms with van der Waals surface area (Å²) in [5.41, 5.74) is -0.404. The molecule has 1 amide bonds. The number of nitrogens with one attached hydrogen (secondary N) is 1. The summed E-state index contributed by atoms with van der Waals surface area (Å²) in [7, 11) is 0. The molecule has 2 aromatic rings. The zero-order valence-corrected chi connectivity index (χ0v) is 19.4. The summed E-state index contributed by atoms with van der Waals surface area (Å²) in [6, 6.07) is 4.93. The molecule has 0 spiro atoms. The van der Waals surface area contributed by atoms with Crippen LogP contribution >= 0.6 is 0 Å². The molecule has 1 fully saturated rings. The van der Waals surface area contributed by atoms with Gasteiger partial charge < -0.3 is 20.1 Å². The van der Waals surface area contributed by atoms with Crippen LogP contribution in [0.1, 0.15) is 45.6 Å². The van der Waals surface area contributed by atoms with E-state index >= 15 is 0 Å². The van der Waals surface area contributed by atoms with Gasteiger partial charge in [-0.2, -0.15) is 0 Å². The SMILES string of the molecule is CC(C)(C)OC(=O)NC1(CC(F)F)CCCN(c2cnc(-c3ccc(F)c(F)c3)cc2CO)C1. The monoisotopic (exact) mass is 483 g/mol. The lowest BCUT2D eigenvalue weighted by molar-refractivity contribution is 0.0344. The number of carbonyl (C=O) groups is 1. The number of aliphatic hydroxyl groups is 1. The lowest BCUT2D eigenvalue weighted by atomic mass is 9.85. The quantitative estimate of drug-likeness (QED) is 0.564. The predicted molar refractivity (Wildman–Crippen MR) is 120 cm³/mol. The first-order valence-electron chi connectivity index (χ1n) is 11.0. The Balaban J connectivity index is 1.89. The number of alkyl carbamates (subject to hydrolysis) is 1. The summed E-state index contributed by atoms with van der Waals surface area (Å²) in [6.45, 7) is 5.25. The highest BCUT2D eigenvalue weighted by atomic mass is 19.3. The molecule has 0 aliphatic carbocycles. The van der Waals surface area contributed by atoms with E-state index in [0.29, 0.717) is 41.9 Å². The summed E-state index contributed by atoms with van der Waals surface area (Å²) in [5.74, 6) is -2.00. The summed E-state index contributed by atoms with van der Waals surface area (Å²) < 4.78 is 59.2. The highest BCUT2D eigenvalue weighted by Crippen LogP contribution is 2.34. The molecule has 34 heavy (non-hydrogen) atoms. The van der Waals surface area contributed by atoms with Gasteiger partial charge in [-0.15, -0.1) is 0 Å². The number of aromatic nitrogens is 1. The van der Waals surface area contributed by atoms with Crippen molar-refractivity contribution in [1.82, 2.24) is 10.3 Å². The van der Waals surface area contributed by atoms with Crippen molar-refractivity contribution in [3.05, 3.63) is 47.7 Å². The average molecular weight is 484 g/mol. The summed E-state index contributed by atoms with van der Waals surface area (Å²) in [5, 5.41) is 12.6. The minimum absolute atomic E-state index is 0.0653. The number of nitrogens with zero attached hydrogens (tertiary/aromatic N) is 2. The van der Waals surface area contributed by atoms with Crippen molar-refractivity contribution in [1.29, 1.82) is 0 Å². The van der Waals surface area contributed by atoms with E-state index in [1.165, 1.54) is 12.3 Å². The molecule has 1 aromatic heterocycles. The highest BCUT2D eigenvalue weighted by Gasteiger charge is 2.41. The van der Waals surface area contributed by atoms with Gasteiger partial charge in [0, 0.05) is 30.6 Å². The van der Waals surface area contributed by atoms with Crippen LogP contribution in [-0.4, -0.2) is 46.8 Å². The van der Waals surface area contributed by atoms with Gasteiger partial charge in [-0.25, -0.2) is 22.4 Å². The van der Waals surface area contributed by atoms with Crippen molar-refractivity contribution in [2.45, 2.75) is 64.2 Å². The number of hydrogen-bond acceptors (Lipinski definition) is 5. The maximum absolute atomic E-state index is 13.6. The van der Waals surface area contributed by atoms with Crippen LogP contribution < -0.4 is 10.2 Å². The van der Waals surface area contributed by atoms with Crippen LogP contribution in [-0.2, 0) is 11.3 Å². The van der Waals surface area contributed by atoms with Crippen LogP contribution in [0.2, 0.25) is 0 Å². The van der Waals surface area contributed by atoms with Gasteiger partial charge in [-0.3, -0.25) is 4.98 Å². The fourth-order valence-corrected chi connectivity index (χ4v) is 4.19. The largest absolute Gasteiger partial charge is 0.444 e. The third kappa shape index (κ3) is 6.37. The Hall–Kier alpha value is -2.88. The third-order valence-corrected chi connectivity index (χ3v) is 5.58. The van der Waals surface area contributed by atoms with Gasteiger partial charge in [-0.05, 0) is 57.9 Å². The first-order chi connectivity index (χ1) is 15.9. The number of benzene rings is 1. The number of alkyl halides is 2. The Morgan fingerprint density at radius 1 is 1.26 bits per heavy atom. The Morgan fingerprint density at radius 3 is 2.62 bits per heavy atom. The topological polar surface area (TPSA) is 74.7 Å². The van der Waals surface area contributed by atoms with Crippen LogP contribution in [0.4, 0.5) is 28.0 Å². The van der Waals surface area contributed by atoms with Gasteiger partial charge in [0.05, 0.1) is 29.7 Å². The zero-order valence-electron chi connectivity index (χ0n) is 19.4. The van der Waals surface area contributed by atoms with Crippen molar-refractivity contribution in [3.63, 3.8) is 0 Å². The molecule has 2 N–H and O–H groups in total. The Kier molecular flexibility index (Phi) is 7.70. The molecular weight excluding hydrogens is 454 g/mol. The number of hydrogen-bond donors (Lipinski definition) is 2. The fraction of sp³-hybridized carbons (Fsp3) is 0.500. The van der Waals surface area contributed by atoms with E-state index < -0.39 is 41.7 Å². The predicted octanol–water partition coefficient (Wildman–Crippen LogP) is 5.04. The molecule has 0 saturated carbocycles. The first-order valence-corrected chi connectivity index (χ1v) is 11.0. The number of halogens is 4. The lowest BCUT2D eigenvalue weighted by Crippen LogP contribution is -2.60. The normalized spacial score (nSPS) is 18.8. The second-order valence-electron chi connectivity index (χ2n) is 9.51. The number of piperidine rings is 1. The minimum atomic E-state index is -2.65. The fourth-order valence-electron chi connectivity index (χ4n) is 4.19. The summed E-state index contributed by atoms with van der Waals surface area (Å²) in [6.07, 6.45) is -1.67. The second kappa shape index (κ2) is 10.2. The van der Waals surface area contributed by atoms with Crippen molar-refractivity contribution < 1.29 is 32.2 Å². The van der Waals surface area contributed by atoms with Crippen molar-refractivity contribution in [3.8, 4) is 11.3 Å². The van der Waals surface area contributed by atoms with Gasteiger partial charge >= 0.3 is 6.09 Å². The van der Waals surface area contributed by atoms with Gasteiger partial charge in [0.25, 0.3) is 0 Å². The van der Waals surface area contributed by atoms with Crippen molar-refractivity contribution >= 4 is 11.8 Å². The molecule has 1 saturated heterocycles. The van der Waals surface area contributed by atoms with Crippen LogP contribution in [0.15, 0.2) is 30.5 Å². The van der Waals surface area contributed by atoms with Crippen LogP contribution in [0.25, 0.3) is 11.3 Å². The van der Waals surface area contributed by atoms with E-state index in [1.54, 1.807) is 31.7 Å². The molecule has 2 heterocycles. The standard InChI is InChI=1S/C24H29F4N3O3/c1-23(2,3)34-22(33)30-24(11-21(27)28)7-4-8-31(14-24)20-12-29-19(10-16(20)13-32)15-5-6-17(25)18(26)9-15/h5-6,9-10,12,21,32H,4,7-8,11,13-14H2,1-3H3,(H,30,33). The van der Waals surface area contributed by atoms with Gasteiger partial charge in [-0.1, -0.05) is 0 Å². The van der Waals surface area contributed by atoms with E-state index in [4.69, 9.17) is 4.74 Å². The Morgan fingerprint density at radius 2 is 2.00 bits per heavy atom. The smallest absolute Gasteiger partial charge is 0.408 e. The number of rotatable bonds is 6. The molecule has 186 valence electrons. The molecule has 10 heteroatoms. The molecular formula is C24H29F4N3O3. The van der Waals surface area contributed by atoms with Crippen LogP contribution in [0.3, 0.4) is 0 Å². The second-order valence-corrected chi connectivity index (χ2v) is 9.51. The maximum atomic E-state index is 13.6. The van der Waals surface area contributed by atoms with Gasteiger partial charge in [0.2, 0.25) is 6.43 Å². The molecule has 3 rings (SSSR count). The van der Waals surface area contributed by atoms with Gasteiger partial charge in [0.15, 0.2) is 11.6 Å². The molecule has 6 nitrogen and oxygen atoms in total. The summed E-state index contributed by atoms with van der Waals surface area (Å²) in [4.78, 5) is 18.5. The van der Waals surface area contributed by atoms with Crippen molar-refractivity contribution in [2.75, 3.05) is 18.0 Å². The molecule has 0 radical (unpaired) electrons. The maximum Gasteiger partial charge on any atom is 0.408 e. The highest BCUT2D eigenvalue weighted by molar-refractivity contribution is 5.69. The molecule has 1 aliphatic rings. The first kappa shape index (κ1) is 25.7. The molecule has 1 aliphatic heterocycles. The summed E-state index contributed by atoms with van der Waals surface area (Å²) >= 11 is 0. The number of carbonyl (C=O) groups excluding carboxylic acids is 1. The third-order valence-electron chi connectivity index (χ3n) is 5.58. The van der Waals surface area contributed by atoms with Gasteiger partial charge in [0.1, 0.15) is 5.60 Å². The number of ether oxygens (including phenoxy) is 1. The number of anilines is 1. The minimum Gasteiger partial charge on any atom is -0.444 e. The number of amides is 1. The Bertz CT molecular complexity index is 1030. The van der Waals surface area contributed by atoms with Crippen LogP contribution in [0, 0.1) is 11.6 Å². The Labute approximate surface area is 195 Å². The molecule has 1 atom stereocenters. The lowest BCUT2D eigenvalue weighted by Gasteiger charge is -2.44. The zero-order chi connectivity index (χ0) is 25.1. The van der Waals surface area contributed by atoms with Crippen LogP contribution in [0.5, 0.6) is 0 Å². The molecule has 0 bridgehead atoms. The average Bonchev–Trinajstić information content (AvgIpc) is 2.73. The number of pyridine rings is 1. The molecule has 1 unspecified atom stereocenters. The van der Waals surface area contributed by atoms with E-state index in [1.807, 2.05) is 0 Å². The van der Waals surface area contributed by atoms with E-state index in [9.17, 15) is 27.5 Å². The van der Waals surface area contributed by atoms with Crippen molar-refractivity contribution in [2.24, 2.45) is 0 Å². The van der Waals surface area contributed by atoms with E-state index in [-0.39, 0.29) is 13.2 Å².